The molecule has 1 atom stereocenters. The first-order chi connectivity index (χ1) is 9.11. The van der Waals surface area contributed by atoms with Crippen LogP contribution >= 0.6 is 27.3 Å². The van der Waals surface area contributed by atoms with Crippen molar-refractivity contribution in [1.82, 2.24) is 0 Å². The zero-order chi connectivity index (χ0) is 13.8. The van der Waals surface area contributed by atoms with Crippen molar-refractivity contribution in [2.45, 2.75) is 6.04 Å². The molecule has 0 saturated heterocycles. The molecule has 0 fully saturated rings. The lowest BCUT2D eigenvalue weighted by Crippen LogP contribution is -2.27. The summed E-state index contributed by atoms with van der Waals surface area (Å²) in [7, 11) is 0. The Morgan fingerprint density at radius 3 is 2.89 bits per heavy atom. The second kappa shape index (κ2) is 5.97. The Hall–Kier alpha value is -1.68. The van der Waals surface area contributed by atoms with Crippen LogP contribution in [0.3, 0.4) is 0 Å². The third-order valence-corrected chi connectivity index (χ3v) is 3.94. The van der Waals surface area contributed by atoms with Gasteiger partial charge in [0.15, 0.2) is 0 Å². The predicted molar refractivity (Wildman–Crippen MR) is 78.7 cm³/mol. The second-order valence-corrected chi connectivity index (χ2v) is 5.68. The smallest absolute Gasteiger partial charge is 0.246 e. The molecule has 4 nitrogen and oxygen atoms in total. The van der Waals surface area contributed by atoms with Crippen LogP contribution in [-0.2, 0) is 4.79 Å². The molecule has 1 amide bonds. The summed E-state index contributed by atoms with van der Waals surface area (Å²) in [6, 6.07) is 10.0. The molecule has 3 N–H and O–H groups in total. The van der Waals surface area contributed by atoms with Crippen molar-refractivity contribution >= 4 is 38.9 Å². The highest BCUT2D eigenvalue weighted by Gasteiger charge is 2.17. The van der Waals surface area contributed by atoms with Crippen molar-refractivity contribution in [3.05, 3.63) is 50.6 Å². The van der Waals surface area contributed by atoms with Gasteiger partial charge in [-0.15, -0.1) is 11.3 Å². The Balaban J connectivity index is 2.18. The summed E-state index contributed by atoms with van der Waals surface area (Å²) in [5, 5.41) is 13.6. The average molecular weight is 336 g/mol. The molecule has 1 unspecified atom stereocenters. The minimum absolute atomic E-state index is 0.332. The number of halogens is 1. The van der Waals surface area contributed by atoms with Crippen LogP contribution in [0.1, 0.15) is 16.5 Å². The molecule has 0 aliphatic carbocycles. The van der Waals surface area contributed by atoms with Gasteiger partial charge in [-0.25, -0.2) is 0 Å². The summed E-state index contributed by atoms with van der Waals surface area (Å²) in [5.74, 6) is -0.332. The fraction of sp³-hybridized carbons (Fsp3) is 0.0769. The largest absolute Gasteiger partial charge is 0.323 e. The summed E-state index contributed by atoms with van der Waals surface area (Å²) in [5.41, 5.74) is 6.71. The molecule has 0 aliphatic heterocycles. The van der Waals surface area contributed by atoms with Gasteiger partial charge in [0.1, 0.15) is 12.1 Å². The predicted octanol–water partition coefficient (Wildman–Crippen LogP) is 3.02. The average Bonchev–Trinajstić information content (AvgIpc) is 2.93. The summed E-state index contributed by atoms with van der Waals surface area (Å²) in [6.45, 7) is 0. The molecule has 1 heterocycles. The first kappa shape index (κ1) is 13.7. The molecule has 1 aromatic heterocycles. The fourth-order valence-corrected chi connectivity index (χ4v) is 2.61. The number of rotatable bonds is 3. The normalized spacial score (nSPS) is 11.6. The lowest BCUT2D eigenvalue weighted by atomic mass is 10.1. The highest BCUT2D eigenvalue weighted by Crippen LogP contribution is 2.23. The zero-order valence-corrected chi connectivity index (χ0v) is 12.2. The minimum Gasteiger partial charge on any atom is -0.323 e. The second-order valence-electron chi connectivity index (χ2n) is 3.78. The molecule has 2 aromatic rings. The fourth-order valence-electron chi connectivity index (χ4n) is 1.53. The molecule has 2 rings (SSSR count). The van der Waals surface area contributed by atoms with Gasteiger partial charge in [0.25, 0.3) is 0 Å². The van der Waals surface area contributed by atoms with Gasteiger partial charge in [0, 0.05) is 9.35 Å². The number of benzene rings is 1. The summed E-state index contributed by atoms with van der Waals surface area (Å²) < 4.78 is 0.782. The third kappa shape index (κ3) is 3.20. The van der Waals surface area contributed by atoms with Crippen LogP contribution in [0.25, 0.3) is 0 Å². The van der Waals surface area contributed by atoms with Gasteiger partial charge < -0.3 is 11.1 Å². The first-order valence-corrected chi connectivity index (χ1v) is 7.08. The van der Waals surface area contributed by atoms with E-state index in [9.17, 15) is 4.79 Å². The Morgan fingerprint density at radius 2 is 2.26 bits per heavy atom. The number of amides is 1. The number of thiophene rings is 1. The van der Waals surface area contributed by atoms with Gasteiger partial charge in [-0.3, -0.25) is 4.79 Å². The maximum Gasteiger partial charge on any atom is 0.246 e. The van der Waals surface area contributed by atoms with Crippen LogP contribution in [0.5, 0.6) is 0 Å². The number of anilines is 1. The minimum atomic E-state index is -0.727. The monoisotopic (exact) mass is 335 g/mol. The third-order valence-electron chi connectivity index (χ3n) is 2.49. The van der Waals surface area contributed by atoms with E-state index in [-0.39, 0.29) is 5.91 Å². The summed E-state index contributed by atoms with van der Waals surface area (Å²) in [6.07, 6.45) is 0. The Labute approximate surface area is 123 Å². The zero-order valence-electron chi connectivity index (χ0n) is 9.76. The number of hydrogen-bond donors (Lipinski definition) is 2. The molecule has 0 bridgehead atoms. The van der Waals surface area contributed by atoms with E-state index < -0.39 is 6.04 Å². The molecule has 0 aliphatic rings. The quantitative estimate of drug-likeness (QED) is 0.904. The van der Waals surface area contributed by atoms with E-state index >= 15 is 0 Å². The number of nitriles is 1. The summed E-state index contributed by atoms with van der Waals surface area (Å²) in [4.78, 5) is 12.8. The standard InChI is InChI=1S/C13H10BrN3OS/c14-9-3-4-10(8(6-9)7-15)17-13(18)12(16)11-2-1-5-19-11/h1-6,12H,16H2,(H,17,18). The van der Waals surface area contributed by atoms with E-state index in [0.29, 0.717) is 11.3 Å². The Kier molecular flexibility index (Phi) is 4.32. The van der Waals surface area contributed by atoms with Crippen molar-refractivity contribution in [3.8, 4) is 6.07 Å². The number of carbonyl (C=O) groups excluding carboxylic acids is 1. The van der Waals surface area contributed by atoms with Crippen LogP contribution in [0.2, 0.25) is 0 Å². The summed E-state index contributed by atoms with van der Waals surface area (Å²) >= 11 is 4.70. The number of hydrogen-bond acceptors (Lipinski definition) is 4. The Bertz CT molecular complexity index is 634. The number of carbonyl (C=O) groups is 1. The topological polar surface area (TPSA) is 78.9 Å². The van der Waals surface area contributed by atoms with Crippen LogP contribution in [0.4, 0.5) is 5.69 Å². The maximum absolute atomic E-state index is 12.0. The highest BCUT2D eigenvalue weighted by molar-refractivity contribution is 9.10. The van der Waals surface area contributed by atoms with Gasteiger partial charge in [-0.05, 0) is 29.6 Å². The van der Waals surface area contributed by atoms with Crippen molar-refractivity contribution in [3.63, 3.8) is 0 Å². The van der Waals surface area contributed by atoms with Crippen molar-refractivity contribution in [1.29, 1.82) is 5.26 Å². The lowest BCUT2D eigenvalue weighted by Gasteiger charge is -2.11. The van der Waals surface area contributed by atoms with E-state index in [2.05, 4.69) is 21.2 Å². The van der Waals surface area contributed by atoms with Crippen LogP contribution in [0, 0.1) is 11.3 Å². The van der Waals surface area contributed by atoms with Gasteiger partial charge in [0.05, 0.1) is 11.3 Å². The number of nitrogens with one attached hydrogen (secondary N) is 1. The van der Waals surface area contributed by atoms with E-state index in [1.165, 1.54) is 11.3 Å². The molecule has 0 spiro atoms. The van der Waals surface area contributed by atoms with Crippen LogP contribution < -0.4 is 11.1 Å². The van der Waals surface area contributed by atoms with Gasteiger partial charge in [-0.2, -0.15) is 5.26 Å². The van der Waals surface area contributed by atoms with Gasteiger partial charge in [-0.1, -0.05) is 22.0 Å². The molecular formula is C13H10BrN3OS. The molecule has 0 radical (unpaired) electrons. The van der Waals surface area contributed by atoms with E-state index in [0.717, 1.165) is 9.35 Å². The van der Waals surface area contributed by atoms with Crippen molar-refractivity contribution in [2.75, 3.05) is 5.32 Å². The Morgan fingerprint density at radius 1 is 1.47 bits per heavy atom. The molecule has 6 heteroatoms. The SMILES string of the molecule is N#Cc1cc(Br)ccc1NC(=O)C(N)c1cccs1. The molecule has 0 saturated carbocycles. The molecule has 96 valence electrons. The van der Waals surface area contributed by atoms with Gasteiger partial charge >= 0.3 is 0 Å². The number of nitrogens with two attached hydrogens (primary N) is 1. The van der Waals surface area contributed by atoms with E-state index in [1.807, 2.05) is 23.6 Å². The molecular weight excluding hydrogens is 326 g/mol. The van der Waals surface area contributed by atoms with Crippen molar-refractivity contribution in [2.24, 2.45) is 5.73 Å². The number of nitrogens with zero attached hydrogens (tertiary/aromatic N) is 1. The van der Waals surface area contributed by atoms with E-state index in [4.69, 9.17) is 11.0 Å². The van der Waals surface area contributed by atoms with Crippen LogP contribution in [0.15, 0.2) is 40.2 Å². The van der Waals surface area contributed by atoms with Crippen LogP contribution in [-0.4, -0.2) is 5.91 Å². The van der Waals surface area contributed by atoms with Gasteiger partial charge in [0.2, 0.25) is 5.91 Å². The first-order valence-electron chi connectivity index (χ1n) is 5.41. The van der Waals surface area contributed by atoms with Crippen molar-refractivity contribution < 1.29 is 4.79 Å². The van der Waals surface area contributed by atoms with E-state index in [1.54, 1.807) is 18.2 Å². The lowest BCUT2D eigenvalue weighted by molar-refractivity contribution is -0.117. The molecule has 19 heavy (non-hydrogen) atoms. The maximum atomic E-state index is 12.0. The molecule has 1 aromatic carbocycles. The highest BCUT2D eigenvalue weighted by atomic mass is 79.9.